The Morgan fingerprint density at radius 1 is 1.24 bits per heavy atom. The smallest absolute Gasteiger partial charge is 0.236 e. The zero-order chi connectivity index (χ0) is 20.4. The Morgan fingerprint density at radius 2 is 2.10 bits per heavy atom. The first-order valence-electron chi connectivity index (χ1n) is 8.27. The summed E-state index contributed by atoms with van der Waals surface area (Å²) in [6.45, 7) is 0. The fourth-order valence-electron chi connectivity index (χ4n) is 2.48. The van der Waals surface area contributed by atoms with Gasteiger partial charge in [-0.1, -0.05) is 46.3 Å². The number of benzene rings is 2. The summed E-state index contributed by atoms with van der Waals surface area (Å²) in [6.07, 6.45) is 0. The lowest BCUT2D eigenvalue weighted by atomic mass is 10.2. The standard InChI is InChI=1S/C18H13Cl2N5O2S2/c1-27-10-3-5-13-14(7-10)29-17(21-13)22-15(26)8-28-18-23-16(24-25-18)11-4-2-9(19)6-12(11)20/h2-7H,8H2,1H3,(H,21,22,26)(H,23,24,25). The fourth-order valence-corrected chi connectivity index (χ4v) is 4.49. The first-order chi connectivity index (χ1) is 14.0. The van der Waals surface area contributed by atoms with Crippen molar-refractivity contribution < 1.29 is 9.53 Å². The van der Waals surface area contributed by atoms with E-state index in [0.717, 1.165) is 16.0 Å². The summed E-state index contributed by atoms with van der Waals surface area (Å²) in [5, 5.41) is 11.7. The molecule has 0 aliphatic rings. The number of thioether (sulfide) groups is 1. The van der Waals surface area contributed by atoms with Crippen molar-refractivity contribution in [3.05, 3.63) is 46.4 Å². The Morgan fingerprint density at radius 3 is 2.90 bits per heavy atom. The number of rotatable bonds is 6. The Kier molecular flexibility index (Phi) is 5.91. The third-order valence-electron chi connectivity index (χ3n) is 3.83. The van der Waals surface area contributed by atoms with E-state index in [0.29, 0.717) is 31.7 Å². The third-order valence-corrected chi connectivity index (χ3v) is 6.15. The van der Waals surface area contributed by atoms with Gasteiger partial charge in [0.1, 0.15) is 5.75 Å². The molecule has 1 amide bonds. The molecule has 0 unspecified atom stereocenters. The second-order valence-electron chi connectivity index (χ2n) is 5.78. The van der Waals surface area contributed by atoms with E-state index in [1.165, 1.54) is 23.1 Å². The Labute approximate surface area is 183 Å². The normalized spacial score (nSPS) is 11.0. The molecule has 4 rings (SSSR count). The van der Waals surface area contributed by atoms with Crippen molar-refractivity contribution in [2.24, 2.45) is 0 Å². The van der Waals surface area contributed by atoms with Gasteiger partial charge in [-0.25, -0.2) is 9.97 Å². The number of nitrogens with one attached hydrogen (secondary N) is 2. The molecule has 2 aromatic heterocycles. The summed E-state index contributed by atoms with van der Waals surface area (Å²) in [5.74, 6) is 1.20. The molecule has 0 aliphatic carbocycles. The molecule has 0 saturated heterocycles. The number of aromatic amines is 1. The maximum absolute atomic E-state index is 12.3. The number of carbonyl (C=O) groups is 1. The summed E-state index contributed by atoms with van der Waals surface area (Å²) in [6, 6.07) is 10.7. The van der Waals surface area contributed by atoms with Gasteiger partial charge in [0.25, 0.3) is 0 Å². The molecule has 0 spiro atoms. The van der Waals surface area contributed by atoms with Gasteiger partial charge in [0, 0.05) is 10.6 Å². The highest BCUT2D eigenvalue weighted by atomic mass is 35.5. The number of aromatic nitrogens is 4. The number of methoxy groups -OCH3 is 1. The number of fused-ring (bicyclic) bond motifs is 1. The van der Waals surface area contributed by atoms with Crippen LogP contribution in [0.5, 0.6) is 5.75 Å². The maximum atomic E-state index is 12.3. The minimum absolute atomic E-state index is 0.144. The molecule has 0 radical (unpaired) electrons. The lowest BCUT2D eigenvalue weighted by Gasteiger charge is -2.00. The van der Waals surface area contributed by atoms with Crippen molar-refractivity contribution in [1.29, 1.82) is 0 Å². The van der Waals surface area contributed by atoms with Gasteiger partial charge in [-0.2, -0.15) is 0 Å². The molecule has 2 aromatic carbocycles. The monoisotopic (exact) mass is 465 g/mol. The number of amides is 1. The van der Waals surface area contributed by atoms with Crippen molar-refractivity contribution in [1.82, 2.24) is 20.2 Å². The molecular formula is C18H13Cl2N5O2S2. The van der Waals surface area contributed by atoms with E-state index in [9.17, 15) is 4.79 Å². The van der Waals surface area contributed by atoms with Crippen LogP contribution >= 0.6 is 46.3 Å². The van der Waals surface area contributed by atoms with Crippen molar-refractivity contribution in [3.63, 3.8) is 0 Å². The highest BCUT2D eigenvalue weighted by Gasteiger charge is 2.13. The van der Waals surface area contributed by atoms with Gasteiger partial charge < -0.3 is 10.1 Å². The van der Waals surface area contributed by atoms with Gasteiger partial charge in [0.2, 0.25) is 11.1 Å². The molecule has 0 fully saturated rings. The second-order valence-corrected chi connectivity index (χ2v) is 8.60. The third kappa shape index (κ3) is 4.64. The Hall–Kier alpha value is -2.33. The van der Waals surface area contributed by atoms with Gasteiger partial charge >= 0.3 is 0 Å². The molecule has 0 bridgehead atoms. The average Bonchev–Trinajstić information content (AvgIpc) is 3.32. The number of thiazole rings is 1. The SMILES string of the molecule is COc1ccc2nc(NC(=O)CSc3n[nH]c(-c4ccc(Cl)cc4Cl)n3)sc2c1. The van der Waals surface area contributed by atoms with Crippen molar-refractivity contribution in [3.8, 4) is 17.1 Å². The molecule has 7 nitrogen and oxygen atoms in total. The first-order valence-corrected chi connectivity index (χ1v) is 10.8. The first kappa shape index (κ1) is 20.0. The predicted molar refractivity (Wildman–Crippen MR) is 117 cm³/mol. The van der Waals surface area contributed by atoms with E-state index in [1.54, 1.807) is 25.3 Å². The largest absolute Gasteiger partial charge is 0.497 e. The van der Waals surface area contributed by atoms with Crippen LogP contribution in [0.2, 0.25) is 10.0 Å². The van der Waals surface area contributed by atoms with E-state index < -0.39 is 0 Å². The van der Waals surface area contributed by atoms with Crippen LogP contribution in [0, 0.1) is 0 Å². The summed E-state index contributed by atoms with van der Waals surface area (Å²) in [4.78, 5) is 21.0. The van der Waals surface area contributed by atoms with Gasteiger partial charge in [0.15, 0.2) is 11.0 Å². The Bertz CT molecular complexity index is 1190. The molecule has 4 aromatic rings. The molecule has 0 aliphatic heterocycles. The zero-order valence-electron chi connectivity index (χ0n) is 14.9. The number of halogens is 2. The van der Waals surface area contributed by atoms with Crippen LogP contribution < -0.4 is 10.1 Å². The number of carbonyl (C=O) groups excluding carboxylic acids is 1. The summed E-state index contributed by atoms with van der Waals surface area (Å²) in [5.41, 5.74) is 1.49. The minimum atomic E-state index is -0.197. The van der Waals surface area contributed by atoms with Crippen molar-refractivity contribution >= 4 is 67.6 Å². The molecule has 0 saturated carbocycles. The Balaban J connectivity index is 1.38. The molecular weight excluding hydrogens is 453 g/mol. The molecule has 11 heteroatoms. The average molecular weight is 466 g/mol. The molecule has 2 heterocycles. The quantitative estimate of drug-likeness (QED) is 0.383. The van der Waals surface area contributed by atoms with Crippen LogP contribution in [-0.4, -0.2) is 38.9 Å². The predicted octanol–water partition coefficient (Wildman–Crippen LogP) is 5.13. The van der Waals surface area contributed by atoms with Crippen LogP contribution in [0.4, 0.5) is 5.13 Å². The van der Waals surface area contributed by atoms with Gasteiger partial charge in [-0.05, 0) is 36.4 Å². The van der Waals surface area contributed by atoms with E-state index in [2.05, 4.69) is 25.5 Å². The van der Waals surface area contributed by atoms with Crippen molar-refractivity contribution in [2.45, 2.75) is 5.16 Å². The highest BCUT2D eigenvalue weighted by Crippen LogP contribution is 2.30. The number of H-pyrrole nitrogens is 1. The summed E-state index contributed by atoms with van der Waals surface area (Å²) in [7, 11) is 1.61. The fraction of sp³-hybridized carbons (Fsp3) is 0.111. The number of hydrogen-bond donors (Lipinski definition) is 2. The van der Waals surface area contributed by atoms with Crippen LogP contribution in [0.15, 0.2) is 41.6 Å². The van der Waals surface area contributed by atoms with Gasteiger partial charge in [-0.3, -0.25) is 9.89 Å². The van der Waals surface area contributed by atoms with E-state index in [-0.39, 0.29) is 11.7 Å². The van der Waals surface area contributed by atoms with Gasteiger partial charge in [0.05, 0.1) is 28.1 Å². The number of ether oxygens (including phenoxy) is 1. The molecule has 2 N–H and O–H groups in total. The molecule has 29 heavy (non-hydrogen) atoms. The lowest BCUT2D eigenvalue weighted by molar-refractivity contribution is -0.113. The summed E-state index contributed by atoms with van der Waals surface area (Å²) < 4.78 is 6.14. The minimum Gasteiger partial charge on any atom is -0.497 e. The zero-order valence-corrected chi connectivity index (χ0v) is 18.0. The van der Waals surface area contributed by atoms with Crippen LogP contribution in [-0.2, 0) is 4.79 Å². The van der Waals surface area contributed by atoms with Gasteiger partial charge in [-0.15, -0.1) is 5.10 Å². The highest BCUT2D eigenvalue weighted by molar-refractivity contribution is 7.99. The second kappa shape index (κ2) is 8.58. The number of anilines is 1. The summed E-state index contributed by atoms with van der Waals surface area (Å²) >= 11 is 14.7. The van der Waals surface area contributed by atoms with Crippen LogP contribution in [0.1, 0.15) is 0 Å². The number of nitrogens with zero attached hydrogens (tertiary/aromatic N) is 3. The van der Waals surface area contributed by atoms with E-state index >= 15 is 0 Å². The van der Waals surface area contributed by atoms with E-state index in [1.807, 2.05) is 18.2 Å². The molecule has 0 atom stereocenters. The maximum Gasteiger partial charge on any atom is 0.236 e. The van der Waals surface area contributed by atoms with E-state index in [4.69, 9.17) is 27.9 Å². The number of hydrogen-bond acceptors (Lipinski definition) is 7. The van der Waals surface area contributed by atoms with Crippen molar-refractivity contribution in [2.75, 3.05) is 18.2 Å². The van der Waals surface area contributed by atoms with Crippen LogP contribution in [0.3, 0.4) is 0 Å². The van der Waals surface area contributed by atoms with Crippen LogP contribution in [0.25, 0.3) is 21.6 Å². The topological polar surface area (TPSA) is 92.8 Å². The molecule has 148 valence electrons. The lowest BCUT2D eigenvalue weighted by Crippen LogP contribution is -2.13.